The van der Waals surface area contributed by atoms with Crippen LogP contribution in [0.15, 0.2) is 4.99 Å². The monoisotopic (exact) mass is 227 g/mol. The molecule has 0 aromatic heterocycles. The predicted octanol–water partition coefficient (Wildman–Crippen LogP) is -1.55. The summed E-state index contributed by atoms with van der Waals surface area (Å²) in [5, 5.41) is 15.4. The third-order valence-electron chi connectivity index (χ3n) is 3.11. The van der Waals surface area contributed by atoms with Crippen LogP contribution in [0, 0.1) is 0 Å². The first-order chi connectivity index (χ1) is 7.79. The number of hydrogen-bond acceptors (Lipinski definition) is 6. The molecule has 0 radical (unpaired) electrons. The molecule has 2 rings (SSSR count). The number of aliphatic hydroxyl groups excluding tert-OH is 1. The Balaban J connectivity index is 1.80. The van der Waals surface area contributed by atoms with Gasteiger partial charge in [0, 0.05) is 32.7 Å². The van der Waals surface area contributed by atoms with E-state index in [0.717, 1.165) is 32.7 Å². The Kier molecular flexibility index (Phi) is 4.11. The highest BCUT2D eigenvalue weighted by Crippen LogP contribution is 2.07. The van der Waals surface area contributed by atoms with Crippen molar-refractivity contribution in [2.24, 2.45) is 4.99 Å². The number of nitrogens with one attached hydrogen (secondary N) is 2. The van der Waals surface area contributed by atoms with Crippen LogP contribution in [-0.4, -0.2) is 73.0 Å². The van der Waals surface area contributed by atoms with Gasteiger partial charge in [0.2, 0.25) is 0 Å². The minimum atomic E-state index is 0.104. The average molecular weight is 227 g/mol. The van der Waals surface area contributed by atoms with E-state index in [-0.39, 0.29) is 19.1 Å². The Hall–Kier alpha value is -0.690. The van der Waals surface area contributed by atoms with Gasteiger partial charge in [0.05, 0.1) is 19.1 Å². The minimum absolute atomic E-state index is 0.104. The van der Waals surface area contributed by atoms with Crippen LogP contribution < -0.4 is 10.6 Å². The Bertz CT molecular complexity index is 239. The molecule has 1 fully saturated rings. The molecule has 1 saturated heterocycles. The molecule has 0 saturated carbocycles. The molecule has 2 aliphatic heterocycles. The maximum absolute atomic E-state index is 8.87. The molecular weight excluding hydrogens is 206 g/mol. The third-order valence-corrected chi connectivity index (χ3v) is 3.11. The normalized spacial score (nSPS) is 32.6. The second-order valence-electron chi connectivity index (χ2n) is 4.31. The molecule has 3 N–H and O–H groups in total. The molecule has 6 heteroatoms. The standard InChI is InChI=1S/C10H21N5O/c1-9-11-8-12-10(13-9)15-4-2-14(3-5-15)6-7-16/h8-10,13,16H,2-7H2,1H3,(H,11,12). The van der Waals surface area contributed by atoms with Crippen molar-refractivity contribution in [2.75, 3.05) is 39.3 Å². The lowest BCUT2D eigenvalue weighted by Crippen LogP contribution is -2.59. The highest BCUT2D eigenvalue weighted by molar-refractivity contribution is 5.55. The fraction of sp³-hybridized carbons (Fsp3) is 0.900. The SMILES string of the molecule is CC1NC=NC(N2CCN(CCO)CC2)N1. The van der Waals surface area contributed by atoms with Crippen LogP contribution in [0.25, 0.3) is 0 Å². The maximum Gasteiger partial charge on any atom is 0.159 e. The topological polar surface area (TPSA) is 63.1 Å². The van der Waals surface area contributed by atoms with Gasteiger partial charge in [-0.2, -0.15) is 0 Å². The second kappa shape index (κ2) is 5.58. The summed E-state index contributed by atoms with van der Waals surface area (Å²) in [4.78, 5) is 9.00. The van der Waals surface area contributed by atoms with Crippen molar-refractivity contribution in [3.63, 3.8) is 0 Å². The lowest BCUT2D eigenvalue weighted by molar-refractivity contribution is 0.0672. The largest absolute Gasteiger partial charge is 0.395 e. The number of rotatable bonds is 3. The molecule has 0 amide bonds. The Morgan fingerprint density at radius 1 is 1.38 bits per heavy atom. The van der Waals surface area contributed by atoms with Crippen molar-refractivity contribution < 1.29 is 5.11 Å². The van der Waals surface area contributed by atoms with Gasteiger partial charge < -0.3 is 10.4 Å². The van der Waals surface area contributed by atoms with Crippen LogP contribution in [0.5, 0.6) is 0 Å². The van der Waals surface area contributed by atoms with Crippen LogP contribution in [0.1, 0.15) is 6.92 Å². The average Bonchev–Trinajstić information content (AvgIpc) is 2.30. The molecular formula is C10H21N5O. The first-order valence-electron chi connectivity index (χ1n) is 5.90. The van der Waals surface area contributed by atoms with E-state index in [1.54, 1.807) is 6.34 Å². The number of piperazine rings is 1. The molecule has 92 valence electrons. The van der Waals surface area contributed by atoms with Gasteiger partial charge in [-0.25, -0.2) is 4.99 Å². The van der Waals surface area contributed by atoms with Gasteiger partial charge in [0.15, 0.2) is 6.29 Å². The first kappa shape index (κ1) is 11.8. The van der Waals surface area contributed by atoms with Crippen LogP contribution in [-0.2, 0) is 0 Å². The fourth-order valence-corrected chi connectivity index (χ4v) is 2.11. The number of β-amino-alcohol motifs (C(OH)–C–C–N with tert-alkyl or cyclic N) is 1. The van der Waals surface area contributed by atoms with Crippen LogP contribution >= 0.6 is 0 Å². The highest BCUT2D eigenvalue weighted by atomic mass is 16.3. The van der Waals surface area contributed by atoms with Crippen LogP contribution in [0.2, 0.25) is 0 Å². The van der Waals surface area contributed by atoms with Gasteiger partial charge in [0.1, 0.15) is 0 Å². The molecule has 0 aliphatic carbocycles. The Labute approximate surface area is 96.3 Å². The summed E-state index contributed by atoms with van der Waals surface area (Å²) < 4.78 is 0. The number of hydrogen-bond donors (Lipinski definition) is 3. The smallest absolute Gasteiger partial charge is 0.159 e. The summed E-state index contributed by atoms with van der Waals surface area (Å²) in [6.07, 6.45) is 2.16. The molecule has 2 aliphatic rings. The minimum Gasteiger partial charge on any atom is -0.395 e. The van der Waals surface area contributed by atoms with Crippen molar-refractivity contribution in [3.8, 4) is 0 Å². The fourth-order valence-electron chi connectivity index (χ4n) is 2.11. The van der Waals surface area contributed by atoms with Gasteiger partial charge in [0.25, 0.3) is 0 Å². The summed E-state index contributed by atoms with van der Waals surface area (Å²) in [6, 6.07) is 0. The van der Waals surface area contributed by atoms with Gasteiger partial charge in [-0.15, -0.1) is 0 Å². The molecule has 6 nitrogen and oxygen atoms in total. The van der Waals surface area contributed by atoms with Crippen LogP contribution in [0.3, 0.4) is 0 Å². The predicted molar refractivity (Wildman–Crippen MR) is 63.1 cm³/mol. The van der Waals surface area contributed by atoms with E-state index < -0.39 is 0 Å². The molecule has 2 atom stereocenters. The van der Waals surface area contributed by atoms with E-state index in [1.165, 1.54) is 0 Å². The third kappa shape index (κ3) is 2.91. The number of nitrogens with zero attached hydrogens (tertiary/aromatic N) is 3. The molecule has 0 bridgehead atoms. The Morgan fingerprint density at radius 2 is 2.12 bits per heavy atom. The van der Waals surface area contributed by atoms with E-state index in [1.807, 2.05) is 0 Å². The first-order valence-corrected chi connectivity index (χ1v) is 5.90. The lowest BCUT2D eigenvalue weighted by Gasteiger charge is -2.39. The Morgan fingerprint density at radius 3 is 2.75 bits per heavy atom. The van der Waals surface area contributed by atoms with E-state index in [4.69, 9.17) is 5.11 Å². The summed E-state index contributed by atoms with van der Waals surface area (Å²) in [5.41, 5.74) is 0. The van der Waals surface area contributed by atoms with Gasteiger partial charge >= 0.3 is 0 Å². The molecule has 2 unspecified atom stereocenters. The summed E-state index contributed by atoms with van der Waals surface area (Å²) in [5.74, 6) is 0. The lowest BCUT2D eigenvalue weighted by atomic mass is 10.3. The van der Waals surface area contributed by atoms with Crippen molar-refractivity contribution in [3.05, 3.63) is 0 Å². The molecule has 16 heavy (non-hydrogen) atoms. The highest BCUT2D eigenvalue weighted by Gasteiger charge is 2.24. The van der Waals surface area contributed by atoms with Crippen molar-refractivity contribution in [1.82, 2.24) is 20.4 Å². The van der Waals surface area contributed by atoms with E-state index >= 15 is 0 Å². The zero-order chi connectivity index (χ0) is 11.4. The number of aliphatic imine (C=N–C) groups is 1. The number of aliphatic hydroxyl groups is 1. The summed E-state index contributed by atoms with van der Waals surface area (Å²) >= 11 is 0. The van der Waals surface area contributed by atoms with Crippen molar-refractivity contribution in [1.29, 1.82) is 0 Å². The summed E-state index contributed by atoms with van der Waals surface area (Å²) in [7, 11) is 0. The quantitative estimate of drug-likeness (QED) is 0.545. The maximum atomic E-state index is 8.87. The second-order valence-corrected chi connectivity index (χ2v) is 4.31. The molecule has 0 aromatic carbocycles. The van der Waals surface area contributed by atoms with Gasteiger partial charge in [-0.3, -0.25) is 15.1 Å². The van der Waals surface area contributed by atoms with Crippen molar-refractivity contribution >= 4 is 6.34 Å². The molecule has 0 aromatic rings. The van der Waals surface area contributed by atoms with Crippen molar-refractivity contribution in [2.45, 2.75) is 19.4 Å². The van der Waals surface area contributed by atoms with Gasteiger partial charge in [-0.05, 0) is 6.92 Å². The zero-order valence-corrected chi connectivity index (χ0v) is 9.76. The van der Waals surface area contributed by atoms with Gasteiger partial charge in [-0.1, -0.05) is 0 Å². The zero-order valence-electron chi connectivity index (χ0n) is 9.76. The van der Waals surface area contributed by atoms with E-state index in [2.05, 4.69) is 32.3 Å². The van der Waals surface area contributed by atoms with E-state index in [0.29, 0.717) is 0 Å². The van der Waals surface area contributed by atoms with E-state index in [9.17, 15) is 0 Å². The molecule has 2 heterocycles. The van der Waals surface area contributed by atoms with Crippen LogP contribution in [0.4, 0.5) is 0 Å². The molecule has 0 spiro atoms. The summed E-state index contributed by atoms with van der Waals surface area (Å²) in [6.45, 7) is 7.14.